The van der Waals surface area contributed by atoms with E-state index < -0.39 is 0 Å². The van der Waals surface area contributed by atoms with Gasteiger partial charge in [-0.1, -0.05) is 27.7 Å². The Bertz CT molecular complexity index is 276. The maximum Gasteiger partial charge on any atom is 0.241 e. The van der Waals surface area contributed by atoms with Crippen molar-refractivity contribution < 1.29 is 4.79 Å². The average Bonchev–Trinajstić information content (AvgIpc) is 2.56. The molecule has 0 saturated carbocycles. The van der Waals surface area contributed by atoms with Gasteiger partial charge in [-0.05, 0) is 32.4 Å². The highest BCUT2D eigenvalue weighted by atomic mass is 16.2. The van der Waals surface area contributed by atoms with Gasteiger partial charge < -0.3 is 9.80 Å². The predicted molar refractivity (Wildman–Crippen MR) is 75.3 cm³/mol. The lowest BCUT2D eigenvalue weighted by atomic mass is 10.0. The van der Waals surface area contributed by atoms with Gasteiger partial charge in [0.05, 0.1) is 12.7 Å². The fourth-order valence-corrected chi connectivity index (χ4v) is 2.55. The maximum atomic E-state index is 12.4. The Morgan fingerprint density at radius 1 is 1.33 bits per heavy atom. The molecule has 0 aliphatic carbocycles. The van der Waals surface area contributed by atoms with Crippen LogP contribution in [0.4, 0.5) is 0 Å². The minimum atomic E-state index is 0.0217. The zero-order valence-electron chi connectivity index (χ0n) is 12.7. The van der Waals surface area contributed by atoms with Crippen molar-refractivity contribution >= 4 is 5.91 Å². The van der Waals surface area contributed by atoms with E-state index in [1.165, 1.54) is 0 Å². The van der Waals surface area contributed by atoms with E-state index >= 15 is 0 Å². The topological polar surface area (TPSA) is 35.6 Å². The Kier molecular flexibility index (Phi) is 5.60. The first-order valence-electron chi connectivity index (χ1n) is 7.01. The van der Waals surface area contributed by atoms with E-state index in [4.69, 9.17) is 0 Å². The van der Waals surface area contributed by atoms with Crippen LogP contribution in [0.2, 0.25) is 0 Å². The molecular formula is C14H29N3O. The van der Waals surface area contributed by atoms with Gasteiger partial charge in [0.15, 0.2) is 0 Å². The summed E-state index contributed by atoms with van der Waals surface area (Å²) >= 11 is 0. The lowest BCUT2D eigenvalue weighted by Gasteiger charge is -2.33. The summed E-state index contributed by atoms with van der Waals surface area (Å²) in [5, 5.41) is 3.35. The summed E-state index contributed by atoms with van der Waals surface area (Å²) in [4.78, 5) is 16.6. The first-order valence-corrected chi connectivity index (χ1v) is 7.01. The van der Waals surface area contributed by atoms with Gasteiger partial charge in [0.1, 0.15) is 0 Å². The summed E-state index contributed by atoms with van der Waals surface area (Å²) < 4.78 is 0. The van der Waals surface area contributed by atoms with Gasteiger partial charge in [-0.25, -0.2) is 0 Å². The predicted octanol–water partition coefficient (Wildman–Crippen LogP) is 1.38. The third kappa shape index (κ3) is 3.95. The molecule has 0 aromatic heterocycles. The fourth-order valence-electron chi connectivity index (χ4n) is 2.55. The van der Waals surface area contributed by atoms with Crippen molar-refractivity contribution in [3.8, 4) is 0 Å². The Morgan fingerprint density at radius 2 is 1.94 bits per heavy atom. The molecule has 4 heteroatoms. The molecule has 2 unspecified atom stereocenters. The maximum absolute atomic E-state index is 12.4. The van der Waals surface area contributed by atoms with Crippen molar-refractivity contribution in [3.05, 3.63) is 0 Å². The molecule has 1 aliphatic heterocycles. The second-order valence-electron chi connectivity index (χ2n) is 6.43. The minimum absolute atomic E-state index is 0.0217. The highest BCUT2D eigenvalue weighted by Crippen LogP contribution is 2.19. The quantitative estimate of drug-likeness (QED) is 0.779. The van der Waals surface area contributed by atoms with Gasteiger partial charge >= 0.3 is 0 Å². The zero-order chi connectivity index (χ0) is 13.9. The van der Waals surface area contributed by atoms with Gasteiger partial charge in [0.2, 0.25) is 5.91 Å². The molecule has 0 aromatic carbocycles. The summed E-state index contributed by atoms with van der Waals surface area (Å²) in [7, 11) is 4.13. The molecule has 0 aromatic rings. The molecule has 0 spiro atoms. The largest absolute Gasteiger partial charge is 0.324 e. The molecule has 2 atom stereocenters. The normalized spacial score (nSPS) is 22.6. The molecule has 1 aliphatic rings. The number of carbonyl (C=O) groups is 1. The molecule has 1 N–H and O–H groups in total. The fraction of sp³-hybridized carbons (Fsp3) is 0.929. The third-order valence-electron chi connectivity index (χ3n) is 3.52. The van der Waals surface area contributed by atoms with E-state index in [1.807, 2.05) is 4.90 Å². The van der Waals surface area contributed by atoms with Gasteiger partial charge in [-0.15, -0.1) is 0 Å². The van der Waals surface area contributed by atoms with Crippen molar-refractivity contribution in [1.29, 1.82) is 0 Å². The molecule has 1 heterocycles. The van der Waals surface area contributed by atoms with Crippen LogP contribution in [0.3, 0.4) is 0 Å². The van der Waals surface area contributed by atoms with Crippen LogP contribution in [0.25, 0.3) is 0 Å². The Hall–Kier alpha value is -0.610. The SMILES string of the molecule is CC(C)CC1NCN(C(CN(C)C)C(C)C)C1=O. The average molecular weight is 255 g/mol. The molecule has 18 heavy (non-hydrogen) atoms. The number of hydrogen-bond donors (Lipinski definition) is 1. The highest BCUT2D eigenvalue weighted by Gasteiger charge is 2.36. The van der Waals surface area contributed by atoms with Crippen molar-refractivity contribution in [2.24, 2.45) is 11.8 Å². The van der Waals surface area contributed by atoms with Gasteiger partial charge in [-0.3, -0.25) is 10.1 Å². The third-order valence-corrected chi connectivity index (χ3v) is 3.52. The standard InChI is InChI=1S/C14H29N3O/c1-10(2)7-12-14(18)17(9-15-12)13(11(3)4)8-16(5)6/h10-13,15H,7-9H2,1-6H3. The van der Waals surface area contributed by atoms with Crippen LogP contribution in [0, 0.1) is 11.8 Å². The molecule has 1 fully saturated rings. The van der Waals surface area contributed by atoms with Crippen LogP contribution < -0.4 is 5.32 Å². The number of amides is 1. The van der Waals surface area contributed by atoms with Crippen molar-refractivity contribution in [2.75, 3.05) is 27.3 Å². The van der Waals surface area contributed by atoms with E-state index in [9.17, 15) is 4.79 Å². The van der Waals surface area contributed by atoms with Crippen LogP contribution >= 0.6 is 0 Å². The van der Waals surface area contributed by atoms with Crippen LogP contribution in [0.15, 0.2) is 0 Å². The van der Waals surface area contributed by atoms with Crippen LogP contribution in [0.1, 0.15) is 34.1 Å². The minimum Gasteiger partial charge on any atom is -0.324 e. The molecule has 1 amide bonds. The Morgan fingerprint density at radius 3 is 2.39 bits per heavy atom. The summed E-state index contributed by atoms with van der Waals surface area (Å²) in [6.07, 6.45) is 0.933. The van der Waals surface area contributed by atoms with Gasteiger partial charge in [-0.2, -0.15) is 0 Å². The zero-order valence-corrected chi connectivity index (χ0v) is 12.7. The van der Waals surface area contributed by atoms with E-state index in [2.05, 4.69) is 52.0 Å². The highest BCUT2D eigenvalue weighted by molar-refractivity contribution is 5.84. The van der Waals surface area contributed by atoms with E-state index in [0.717, 1.165) is 13.0 Å². The summed E-state index contributed by atoms with van der Waals surface area (Å²) in [5.41, 5.74) is 0. The smallest absolute Gasteiger partial charge is 0.241 e. The monoisotopic (exact) mass is 255 g/mol. The number of likely N-dealkylation sites (N-methyl/N-ethyl adjacent to an activating group) is 1. The van der Waals surface area contributed by atoms with Gasteiger partial charge in [0.25, 0.3) is 0 Å². The van der Waals surface area contributed by atoms with E-state index in [1.54, 1.807) is 0 Å². The molecule has 106 valence electrons. The first kappa shape index (κ1) is 15.4. The van der Waals surface area contributed by atoms with E-state index in [-0.39, 0.29) is 11.9 Å². The van der Waals surface area contributed by atoms with Crippen LogP contribution in [-0.4, -0.2) is 55.1 Å². The second-order valence-corrected chi connectivity index (χ2v) is 6.43. The van der Waals surface area contributed by atoms with Crippen molar-refractivity contribution in [1.82, 2.24) is 15.1 Å². The lowest BCUT2D eigenvalue weighted by Crippen LogP contribution is -2.47. The van der Waals surface area contributed by atoms with E-state index in [0.29, 0.717) is 24.5 Å². The Balaban J connectivity index is 2.68. The molecule has 4 nitrogen and oxygen atoms in total. The molecule has 1 saturated heterocycles. The van der Waals surface area contributed by atoms with Gasteiger partial charge in [0, 0.05) is 12.6 Å². The molecule has 1 rings (SSSR count). The summed E-state index contributed by atoms with van der Waals surface area (Å²) in [5.74, 6) is 1.32. The molecule has 0 radical (unpaired) electrons. The van der Waals surface area contributed by atoms with Crippen molar-refractivity contribution in [3.63, 3.8) is 0 Å². The van der Waals surface area contributed by atoms with Crippen molar-refractivity contribution in [2.45, 2.75) is 46.2 Å². The molecule has 0 bridgehead atoms. The number of rotatable bonds is 6. The number of nitrogens with one attached hydrogen (secondary N) is 1. The number of hydrogen-bond acceptors (Lipinski definition) is 3. The summed E-state index contributed by atoms with van der Waals surface area (Å²) in [6.45, 7) is 10.3. The first-order chi connectivity index (χ1) is 8.32. The lowest BCUT2D eigenvalue weighted by molar-refractivity contribution is -0.132. The second kappa shape index (κ2) is 6.53. The molecular weight excluding hydrogens is 226 g/mol. The van der Waals surface area contributed by atoms with Crippen LogP contribution in [0.5, 0.6) is 0 Å². The number of nitrogens with zero attached hydrogens (tertiary/aromatic N) is 2. The summed E-state index contributed by atoms with van der Waals surface area (Å²) in [6, 6.07) is 0.325. The number of carbonyl (C=O) groups excluding carboxylic acids is 1. The Labute approximate surface area is 112 Å². The van der Waals surface area contributed by atoms with Crippen LogP contribution in [-0.2, 0) is 4.79 Å².